The molecule has 3 rings (SSSR count). The van der Waals surface area contributed by atoms with Gasteiger partial charge in [0, 0.05) is 11.6 Å². The summed E-state index contributed by atoms with van der Waals surface area (Å²) in [4.78, 5) is 12.4. The number of hydrogen-bond acceptors (Lipinski definition) is 2. The summed E-state index contributed by atoms with van der Waals surface area (Å²) < 4.78 is 5.95. The van der Waals surface area contributed by atoms with Crippen LogP contribution >= 0.6 is 0 Å². The van der Waals surface area contributed by atoms with E-state index in [2.05, 4.69) is 18.0 Å². The van der Waals surface area contributed by atoms with Gasteiger partial charge in [-0.3, -0.25) is 4.79 Å². The van der Waals surface area contributed by atoms with Crippen molar-refractivity contribution in [3.63, 3.8) is 0 Å². The van der Waals surface area contributed by atoms with Crippen LogP contribution in [-0.4, -0.2) is 11.9 Å². The van der Waals surface area contributed by atoms with Gasteiger partial charge < -0.3 is 10.1 Å². The first-order chi connectivity index (χ1) is 12.8. The molecule has 0 bridgehead atoms. The summed E-state index contributed by atoms with van der Waals surface area (Å²) in [6.07, 6.45) is 8.59. The molecule has 26 heavy (non-hydrogen) atoms. The van der Waals surface area contributed by atoms with E-state index in [1.54, 1.807) is 0 Å². The zero-order valence-corrected chi connectivity index (χ0v) is 15.2. The number of nitrogens with one attached hydrogen (secondary N) is 1. The fourth-order valence-electron chi connectivity index (χ4n) is 3.40. The van der Waals surface area contributed by atoms with Crippen molar-refractivity contribution in [2.75, 3.05) is 0 Å². The summed E-state index contributed by atoms with van der Waals surface area (Å²) in [7, 11) is 0. The fraction of sp³-hybridized carbons (Fsp3) is 0.348. The van der Waals surface area contributed by atoms with Crippen molar-refractivity contribution < 1.29 is 9.53 Å². The highest BCUT2D eigenvalue weighted by molar-refractivity contribution is 5.94. The van der Waals surface area contributed by atoms with E-state index >= 15 is 0 Å². The average Bonchev–Trinajstić information content (AvgIpc) is 2.69. The molecular formula is C23H27NO2. The molecular weight excluding hydrogens is 322 g/mol. The van der Waals surface area contributed by atoms with Gasteiger partial charge in [-0.25, -0.2) is 0 Å². The van der Waals surface area contributed by atoms with Crippen molar-refractivity contribution in [2.45, 2.75) is 51.2 Å². The van der Waals surface area contributed by atoms with E-state index in [4.69, 9.17) is 4.74 Å². The smallest absolute Gasteiger partial charge is 0.251 e. The van der Waals surface area contributed by atoms with Crippen LogP contribution in [0.2, 0.25) is 0 Å². The zero-order chi connectivity index (χ0) is 18.2. The number of benzene rings is 2. The molecule has 0 saturated heterocycles. The summed E-state index contributed by atoms with van der Waals surface area (Å²) >= 11 is 0. The molecule has 1 aliphatic carbocycles. The van der Waals surface area contributed by atoms with Gasteiger partial charge >= 0.3 is 0 Å². The van der Waals surface area contributed by atoms with E-state index in [0.717, 1.165) is 36.1 Å². The lowest BCUT2D eigenvalue weighted by atomic mass is 9.95. The molecule has 2 aromatic carbocycles. The van der Waals surface area contributed by atoms with E-state index in [-0.39, 0.29) is 5.91 Å². The molecule has 1 amide bonds. The van der Waals surface area contributed by atoms with Crippen molar-refractivity contribution in [2.24, 2.45) is 0 Å². The SMILES string of the molecule is C=CCc1ccccc1OCc1ccc(C(=O)NC2CCCCC2)cc1. The van der Waals surface area contributed by atoms with E-state index < -0.39 is 0 Å². The number of rotatable bonds is 7. The Hall–Kier alpha value is -2.55. The Bertz CT molecular complexity index is 730. The molecule has 3 nitrogen and oxygen atoms in total. The highest BCUT2D eigenvalue weighted by Gasteiger charge is 2.16. The second-order valence-corrected chi connectivity index (χ2v) is 6.89. The number of allylic oxidation sites excluding steroid dienone is 1. The van der Waals surface area contributed by atoms with Gasteiger partial charge in [-0.2, -0.15) is 0 Å². The minimum absolute atomic E-state index is 0.0284. The Morgan fingerprint density at radius 2 is 1.81 bits per heavy atom. The lowest BCUT2D eigenvalue weighted by Crippen LogP contribution is -2.36. The third-order valence-corrected chi connectivity index (χ3v) is 4.89. The summed E-state index contributed by atoms with van der Waals surface area (Å²) in [5, 5.41) is 3.15. The van der Waals surface area contributed by atoms with Gasteiger partial charge in [-0.15, -0.1) is 6.58 Å². The number of para-hydroxylation sites is 1. The molecule has 1 fully saturated rings. The molecule has 0 unspecified atom stereocenters. The minimum Gasteiger partial charge on any atom is -0.489 e. The van der Waals surface area contributed by atoms with Crippen molar-refractivity contribution in [1.29, 1.82) is 0 Å². The van der Waals surface area contributed by atoms with Crippen molar-refractivity contribution in [3.05, 3.63) is 77.9 Å². The molecule has 1 saturated carbocycles. The number of ether oxygens (including phenoxy) is 1. The Morgan fingerprint density at radius 3 is 2.54 bits per heavy atom. The van der Waals surface area contributed by atoms with E-state index in [9.17, 15) is 4.79 Å². The largest absolute Gasteiger partial charge is 0.489 e. The molecule has 0 atom stereocenters. The molecule has 1 aliphatic rings. The average molecular weight is 349 g/mol. The van der Waals surface area contributed by atoms with Crippen LogP contribution in [0.25, 0.3) is 0 Å². The normalized spacial score (nSPS) is 14.6. The standard InChI is InChI=1S/C23H27NO2/c1-2-8-19-9-6-7-12-22(19)26-17-18-13-15-20(16-14-18)23(25)24-21-10-4-3-5-11-21/h2,6-7,9,12-16,21H,1,3-5,8,10-11,17H2,(H,24,25). The van der Waals surface area contributed by atoms with Crippen LogP contribution in [0.5, 0.6) is 5.75 Å². The third kappa shape index (κ3) is 4.98. The van der Waals surface area contributed by atoms with Crippen LogP contribution in [0.3, 0.4) is 0 Å². The molecule has 2 aromatic rings. The lowest BCUT2D eigenvalue weighted by Gasteiger charge is -2.22. The number of hydrogen-bond donors (Lipinski definition) is 1. The van der Waals surface area contributed by atoms with Crippen LogP contribution in [-0.2, 0) is 13.0 Å². The van der Waals surface area contributed by atoms with E-state index in [0.29, 0.717) is 18.2 Å². The van der Waals surface area contributed by atoms with Gasteiger partial charge in [0.05, 0.1) is 0 Å². The number of amides is 1. The summed E-state index contributed by atoms with van der Waals surface area (Å²) in [6.45, 7) is 4.27. The highest BCUT2D eigenvalue weighted by Crippen LogP contribution is 2.21. The van der Waals surface area contributed by atoms with Crippen molar-refractivity contribution in [1.82, 2.24) is 5.32 Å². The molecule has 3 heteroatoms. The predicted molar refractivity (Wildman–Crippen MR) is 105 cm³/mol. The Morgan fingerprint density at radius 1 is 1.08 bits per heavy atom. The minimum atomic E-state index is 0.0284. The summed E-state index contributed by atoms with van der Waals surface area (Å²) in [5.74, 6) is 0.909. The first-order valence-corrected chi connectivity index (χ1v) is 9.47. The number of carbonyl (C=O) groups is 1. The maximum Gasteiger partial charge on any atom is 0.251 e. The number of carbonyl (C=O) groups excluding carboxylic acids is 1. The van der Waals surface area contributed by atoms with E-state index in [1.165, 1.54) is 19.3 Å². The third-order valence-electron chi connectivity index (χ3n) is 4.89. The molecule has 136 valence electrons. The molecule has 0 aliphatic heterocycles. The van der Waals surface area contributed by atoms with Gasteiger partial charge in [-0.1, -0.05) is 55.7 Å². The first kappa shape index (κ1) is 18.2. The topological polar surface area (TPSA) is 38.3 Å². The van der Waals surface area contributed by atoms with Gasteiger partial charge in [0.2, 0.25) is 0 Å². The highest BCUT2D eigenvalue weighted by atomic mass is 16.5. The Kier molecular flexibility index (Phi) is 6.48. The molecule has 0 heterocycles. The van der Waals surface area contributed by atoms with Crippen LogP contribution in [0.4, 0.5) is 0 Å². The van der Waals surface area contributed by atoms with Crippen LogP contribution in [0.15, 0.2) is 61.2 Å². The van der Waals surface area contributed by atoms with Crippen LogP contribution in [0.1, 0.15) is 53.6 Å². The quantitative estimate of drug-likeness (QED) is 0.710. The molecule has 0 aromatic heterocycles. The maximum absolute atomic E-state index is 12.4. The van der Waals surface area contributed by atoms with Gasteiger partial charge in [0.15, 0.2) is 0 Å². The maximum atomic E-state index is 12.4. The first-order valence-electron chi connectivity index (χ1n) is 9.47. The van der Waals surface area contributed by atoms with E-state index in [1.807, 2.05) is 48.5 Å². The Balaban J connectivity index is 1.56. The monoisotopic (exact) mass is 349 g/mol. The van der Waals surface area contributed by atoms with Crippen LogP contribution in [0, 0.1) is 0 Å². The summed E-state index contributed by atoms with van der Waals surface area (Å²) in [5.41, 5.74) is 2.89. The van der Waals surface area contributed by atoms with Crippen molar-refractivity contribution in [3.8, 4) is 5.75 Å². The predicted octanol–water partition coefficient (Wildman–Crippen LogP) is 5.06. The second-order valence-electron chi connectivity index (χ2n) is 6.89. The van der Waals surface area contributed by atoms with Crippen molar-refractivity contribution >= 4 is 5.91 Å². The Labute approximate surface area is 156 Å². The molecule has 0 radical (unpaired) electrons. The van der Waals surface area contributed by atoms with Gasteiger partial charge in [0.1, 0.15) is 12.4 Å². The lowest BCUT2D eigenvalue weighted by molar-refractivity contribution is 0.0927. The van der Waals surface area contributed by atoms with Gasteiger partial charge in [-0.05, 0) is 48.6 Å². The summed E-state index contributed by atoms with van der Waals surface area (Å²) in [6, 6.07) is 16.0. The van der Waals surface area contributed by atoms with Gasteiger partial charge in [0.25, 0.3) is 5.91 Å². The fourth-order valence-corrected chi connectivity index (χ4v) is 3.40. The zero-order valence-electron chi connectivity index (χ0n) is 15.2. The molecule has 0 spiro atoms. The second kappa shape index (κ2) is 9.23. The molecule has 1 N–H and O–H groups in total. The van der Waals surface area contributed by atoms with Crippen LogP contribution < -0.4 is 10.1 Å².